The zero-order chi connectivity index (χ0) is 14.8. The number of hydrogen-bond donors (Lipinski definition) is 1. The lowest BCUT2D eigenvalue weighted by Crippen LogP contribution is -2.38. The van der Waals surface area contributed by atoms with Crippen molar-refractivity contribution in [1.29, 1.82) is 0 Å². The van der Waals surface area contributed by atoms with E-state index in [0.717, 1.165) is 25.7 Å². The Kier molecular flexibility index (Phi) is 4.50. The van der Waals surface area contributed by atoms with E-state index in [0.29, 0.717) is 30.2 Å². The lowest BCUT2D eigenvalue weighted by Gasteiger charge is -2.27. The molecule has 0 spiro atoms. The highest BCUT2D eigenvalue weighted by Gasteiger charge is 2.32. The number of carbonyl (C=O) groups is 1. The average Bonchev–Trinajstić information content (AvgIpc) is 2.95. The molecule has 1 saturated carbocycles. The Labute approximate surface area is 119 Å². The summed E-state index contributed by atoms with van der Waals surface area (Å²) in [7, 11) is 3.31. The first-order valence-corrected chi connectivity index (χ1v) is 7.02. The zero-order valence-electron chi connectivity index (χ0n) is 12.4. The average molecular weight is 281 g/mol. The molecule has 5 nitrogen and oxygen atoms in total. The first kappa shape index (κ1) is 15.1. The SMILES string of the molecule is COC(=O)c1cc(CN(C)CC2(O)CCCC2)oc1C. The van der Waals surface area contributed by atoms with Crippen LogP contribution in [-0.4, -0.2) is 42.3 Å². The Morgan fingerprint density at radius 2 is 2.15 bits per heavy atom. The third-order valence-corrected chi connectivity index (χ3v) is 3.90. The van der Waals surface area contributed by atoms with E-state index in [-0.39, 0.29) is 5.97 Å². The van der Waals surface area contributed by atoms with Crippen LogP contribution in [0.2, 0.25) is 0 Å². The number of nitrogens with zero attached hydrogens (tertiary/aromatic N) is 1. The normalized spacial score (nSPS) is 17.6. The standard InChI is InChI=1S/C15H23NO4/c1-11-13(14(17)19-3)8-12(20-11)9-16(2)10-15(18)6-4-5-7-15/h8,18H,4-7,9-10H2,1-3H3. The summed E-state index contributed by atoms with van der Waals surface area (Å²) in [4.78, 5) is 13.6. The van der Waals surface area contributed by atoms with Crippen molar-refractivity contribution in [1.82, 2.24) is 4.90 Å². The van der Waals surface area contributed by atoms with E-state index < -0.39 is 5.60 Å². The van der Waals surface area contributed by atoms with Crippen LogP contribution in [0.5, 0.6) is 0 Å². The molecule has 0 saturated heterocycles. The van der Waals surface area contributed by atoms with Crippen LogP contribution in [0.15, 0.2) is 10.5 Å². The smallest absolute Gasteiger partial charge is 0.341 e. The van der Waals surface area contributed by atoms with E-state index in [4.69, 9.17) is 9.15 Å². The quantitative estimate of drug-likeness (QED) is 0.838. The Balaban J connectivity index is 1.97. The van der Waals surface area contributed by atoms with Gasteiger partial charge in [-0.1, -0.05) is 12.8 Å². The topological polar surface area (TPSA) is 62.9 Å². The van der Waals surface area contributed by atoms with E-state index in [2.05, 4.69) is 0 Å². The summed E-state index contributed by atoms with van der Waals surface area (Å²) in [5.74, 6) is 0.904. The highest BCUT2D eigenvalue weighted by atomic mass is 16.5. The molecule has 20 heavy (non-hydrogen) atoms. The van der Waals surface area contributed by atoms with E-state index in [1.54, 1.807) is 13.0 Å². The molecule has 5 heteroatoms. The summed E-state index contributed by atoms with van der Waals surface area (Å²) in [6.07, 6.45) is 3.91. The van der Waals surface area contributed by atoms with Crippen LogP contribution in [-0.2, 0) is 11.3 Å². The summed E-state index contributed by atoms with van der Waals surface area (Å²) in [5, 5.41) is 10.4. The molecular weight excluding hydrogens is 258 g/mol. The fourth-order valence-corrected chi connectivity index (χ4v) is 2.95. The number of ether oxygens (including phenoxy) is 1. The minimum Gasteiger partial charge on any atom is -0.465 e. The second kappa shape index (κ2) is 5.97. The molecule has 0 aliphatic heterocycles. The number of carbonyl (C=O) groups excluding carboxylic acids is 1. The summed E-state index contributed by atoms with van der Waals surface area (Å²) in [6.45, 7) is 2.95. The van der Waals surface area contributed by atoms with Crippen molar-refractivity contribution >= 4 is 5.97 Å². The number of likely N-dealkylation sites (N-methyl/N-ethyl adjacent to an activating group) is 1. The van der Waals surface area contributed by atoms with E-state index in [1.807, 2.05) is 11.9 Å². The van der Waals surface area contributed by atoms with Crippen LogP contribution in [0.4, 0.5) is 0 Å². The molecule has 0 bridgehead atoms. The maximum absolute atomic E-state index is 11.5. The van der Waals surface area contributed by atoms with Gasteiger partial charge in [0, 0.05) is 6.54 Å². The van der Waals surface area contributed by atoms with Gasteiger partial charge in [-0.25, -0.2) is 4.79 Å². The third kappa shape index (κ3) is 3.41. The van der Waals surface area contributed by atoms with E-state index >= 15 is 0 Å². The van der Waals surface area contributed by atoms with Crippen molar-refractivity contribution in [2.24, 2.45) is 0 Å². The Morgan fingerprint density at radius 1 is 1.50 bits per heavy atom. The van der Waals surface area contributed by atoms with Crippen molar-refractivity contribution < 1.29 is 19.1 Å². The molecule has 1 aliphatic rings. The van der Waals surface area contributed by atoms with Crippen LogP contribution in [0.3, 0.4) is 0 Å². The lowest BCUT2D eigenvalue weighted by molar-refractivity contribution is 0.0131. The number of esters is 1. The van der Waals surface area contributed by atoms with Gasteiger partial charge in [-0.05, 0) is 32.9 Å². The minimum atomic E-state index is -0.568. The van der Waals surface area contributed by atoms with Gasteiger partial charge < -0.3 is 14.3 Å². The Bertz CT molecular complexity index is 474. The molecule has 1 N–H and O–H groups in total. The molecule has 0 amide bonds. The van der Waals surface area contributed by atoms with Gasteiger partial charge in [0.15, 0.2) is 0 Å². The molecular formula is C15H23NO4. The predicted octanol–water partition coefficient (Wildman–Crippen LogP) is 2.11. The first-order valence-electron chi connectivity index (χ1n) is 7.02. The first-order chi connectivity index (χ1) is 9.43. The molecule has 0 atom stereocenters. The second-order valence-corrected chi connectivity index (χ2v) is 5.78. The van der Waals surface area contributed by atoms with Gasteiger partial charge in [0.2, 0.25) is 0 Å². The van der Waals surface area contributed by atoms with Crippen LogP contribution < -0.4 is 0 Å². The molecule has 0 unspecified atom stereocenters. The van der Waals surface area contributed by atoms with Gasteiger partial charge in [-0.15, -0.1) is 0 Å². The van der Waals surface area contributed by atoms with Gasteiger partial charge in [0.25, 0.3) is 0 Å². The number of aryl methyl sites for hydroxylation is 1. The number of furan rings is 1. The van der Waals surface area contributed by atoms with Crippen LogP contribution in [0.1, 0.15) is 47.6 Å². The zero-order valence-corrected chi connectivity index (χ0v) is 12.4. The third-order valence-electron chi connectivity index (χ3n) is 3.90. The summed E-state index contributed by atoms with van der Waals surface area (Å²) < 4.78 is 10.3. The van der Waals surface area contributed by atoms with Gasteiger partial charge >= 0.3 is 5.97 Å². The molecule has 1 heterocycles. The highest BCUT2D eigenvalue weighted by molar-refractivity contribution is 5.90. The molecule has 0 radical (unpaired) electrons. The van der Waals surface area contributed by atoms with Gasteiger partial charge in [-0.3, -0.25) is 4.90 Å². The predicted molar refractivity (Wildman–Crippen MR) is 74.5 cm³/mol. The minimum absolute atomic E-state index is 0.380. The molecule has 1 aliphatic carbocycles. The molecule has 112 valence electrons. The van der Waals surface area contributed by atoms with Gasteiger partial charge in [0.05, 0.1) is 19.3 Å². The Morgan fingerprint density at radius 3 is 2.75 bits per heavy atom. The van der Waals surface area contributed by atoms with Crippen molar-refractivity contribution in [3.63, 3.8) is 0 Å². The molecule has 1 aromatic heterocycles. The van der Waals surface area contributed by atoms with Crippen LogP contribution in [0.25, 0.3) is 0 Å². The van der Waals surface area contributed by atoms with Crippen molar-refractivity contribution in [3.8, 4) is 0 Å². The van der Waals surface area contributed by atoms with Crippen molar-refractivity contribution in [2.45, 2.75) is 44.8 Å². The highest BCUT2D eigenvalue weighted by Crippen LogP contribution is 2.30. The van der Waals surface area contributed by atoms with Crippen LogP contribution in [0, 0.1) is 6.92 Å². The van der Waals surface area contributed by atoms with Crippen LogP contribution >= 0.6 is 0 Å². The largest absolute Gasteiger partial charge is 0.465 e. The van der Waals surface area contributed by atoms with E-state index in [1.165, 1.54) is 7.11 Å². The number of hydrogen-bond acceptors (Lipinski definition) is 5. The molecule has 1 fully saturated rings. The number of aliphatic hydroxyl groups is 1. The fourth-order valence-electron chi connectivity index (χ4n) is 2.95. The maximum Gasteiger partial charge on any atom is 0.341 e. The molecule has 1 aromatic rings. The van der Waals surface area contributed by atoms with E-state index in [9.17, 15) is 9.90 Å². The fraction of sp³-hybridized carbons (Fsp3) is 0.667. The van der Waals surface area contributed by atoms with Gasteiger partial charge in [-0.2, -0.15) is 0 Å². The van der Waals surface area contributed by atoms with Crippen molar-refractivity contribution in [3.05, 3.63) is 23.2 Å². The summed E-state index contributed by atoms with van der Waals surface area (Å²) in [5.41, 5.74) is -0.0999. The second-order valence-electron chi connectivity index (χ2n) is 5.78. The number of rotatable bonds is 5. The van der Waals surface area contributed by atoms with Gasteiger partial charge in [0.1, 0.15) is 17.1 Å². The van der Waals surface area contributed by atoms with Crippen molar-refractivity contribution in [2.75, 3.05) is 20.7 Å². The summed E-state index contributed by atoms with van der Waals surface area (Å²) >= 11 is 0. The summed E-state index contributed by atoms with van der Waals surface area (Å²) in [6, 6.07) is 1.72. The Hall–Kier alpha value is -1.33. The lowest BCUT2D eigenvalue weighted by atomic mass is 10.0. The monoisotopic (exact) mass is 281 g/mol. The molecule has 0 aromatic carbocycles. The molecule has 2 rings (SSSR count). The number of methoxy groups -OCH3 is 1. The maximum atomic E-state index is 11.5.